The molecule has 5 nitrogen and oxygen atoms in total. The molecule has 1 heterocycles. The molecule has 3 aromatic rings. The fourth-order valence-corrected chi connectivity index (χ4v) is 2.40. The van der Waals surface area contributed by atoms with Crippen LogP contribution in [0.2, 0.25) is 0 Å². The zero-order valence-corrected chi connectivity index (χ0v) is 13.5. The smallest absolute Gasteiger partial charge is 0.247 e. The van der Waals surface area contributed by atoms with Crippen LogP contribution < -0.4 is 5.32 Å². The van der Waals surface area contributed by atoms with E-state index in [1.165, 1.54) is 0 Å². The SMILES string of the molecule is Cc1cccc(-c2nnc(CCNC(=O)Cc3ccccc3)o2)c1. The Morgan fingerprint density at radius 2 is 1.92 bits per heavy atom. The van der Waals surface area contributed by atoms with Crippen LogP contribution in [0.1, 0.15) is 17.0 Å². The summed E-state index contributed by atoms with van der Waals surface area (Å²) < 4.78 is 5.65. The summed E-state index contributed by atoms with van der Waals surface area (Å²) in [4.78, 5) is 11.9. The highest BCUT2D eigenvalue weighted by molar-refractivity contribution is 5.78. The number of hydrogen-bond acceptors (Lipinski definition) is 4. The molecule has 0 bridgehead atoms. The molecule has 1 N–H and O–H groups in total. The third-order valence-corrected chi connectivity index (χ3v) is 3.60. The Labute approximate surface area is 140 Å². The van der Waals surface area contributed by atoms with Gasteiger partial charge in [-0.2, -0.15) is 0 Å². The Hall–Kier alpha value is -2.95. The van der Waals surface area contributed by atoms with Gasteiger partial charge in [0.25, 0.3) is 0 Å². The van der Waals surface area contributed by atoms with E-state index in [0.717, 1.165) is 16.7 Å². The summed E-state index contributed by atoms with van der Waals surface area (Å²) >= 11 is 0. The molecule has 0 radical (unpaired) electrons. The Bertz CT molecular complexity index is 812. The quantitative estimate of drug-likeness (QED) is 0.758. The molecule has 0 spiro atoms. The number of rotatable bonds is 6. The normalized spacial score (nSPS) is 10.5. The topological polar surface area (TPSA) is 68.0 Å². The number of nitrogens with one attached hydrogen (secondary N) is 1. The highest BCUT2D eigenvalue weighted by Gasteiger charge is 2.09. The fraction of sp³-hybridized carbons (Fsp3) is 0.211. The van der Waals surface area contributed by atoms with Gasteiger partial charge >= 0.3 is 0 Å². The van der Waals surface area contributed by atoms with Crippen molar-refractivity contribution in [3.05, 3.63) is 71.6 Å². The Kier molecular flexibility index (Phi) is 5.01. The van der Waals surface area contributed by atoms with Crippen molar-refractivity contribution in [3.8, 4) is 11.5 Å². The lowest BCUT2D eigenvalue weighted by Gasteiger charge is -2.03. The second-order valence-corrected chi connectivity index (χ2v) is 5.63. The lowest BCUT2D eigenvalue weighted by molar-refractivity contribution is -0.120. The maximum atomic E-state index is 11.9. The summed E-state index contributed by atoms with van der Waals surface area (Å²) in [5.41, 5.74) is 3.04. The van der Waals surface area contributed by atoms with Crippen LogP contribution in [0.5, 0.6) is 0 Å². The largest absolute Gasteiger partial charge is 0.421 e. The Balaban J connectivity index is 1.50. The van der Waals surface area contributed by atoms with Crippen LogP contribution >= 0.6 is 0 Å². The first-order valence-corrected chi connectivity index (χ1v) is 7.91. The summed E-state index contributed by atoms with van der Waals surface area (Å²) in [6.07, 6.45) is 0.887. The van der Waals surface area contributed by atoms with Crippen molar-refractivity contribution in [2.45, 2.75) is 19.8 Å². The van der Waals surface area contributed by atoms with Gasteiger partial charge in [-0.25, -0.2) is 0 Å². The molecule has 0 atom stereocenters. The molecule has 1 aromatic heterocycles. The standard InChI is InChI=1S/C19H19N3O2/c1-14-6-5-9-16(12-14)19-22-21-18(24-19)10-11-20-17(23)13-15-7-3-2-4-8-15/h2-9,12H,10-11,13H2,1H3,(H,20,23). The first kappa shape index (κ1) is 15.9. The van der Waals surface area contributed by atoms with Gasteiger partial charge in [0.1, 0.15) is 0 Å². The van der Waals surface area contributed by atoms with Gasteiger partial charge < -0.3 is 9.73 Å². The van der Waals surface area contributed by atoms with Gasteiger partial charge in [0.2, 0.25) is 17.7 Å². The summed E-state index contributed by atoms with van der Waals surface area (Å²) in [6.45, 7) is 2.49. The predicted octanol–water partition coefficient (Wildman–Crippen LogP) is 2.95. The number of carbonyl (C=O) groups excluding carboxylic acids is 1. The molecule has 0 aliphatic heterocycles. The zero-order chi connectivity index (χ0) is 16.8. The summed E-state index contributed by atoms with van der Waals surface area (Å²) in [6, 6.07) is 17.6. The number of hydrogen-bond donors (Lipinski definition) is 1. The first-order chi connectivity index (χ1) is 11.7. The molecule has 3 rings (SSSR count). The zero-order valence-electron chi connectivity index (χ0n) is 13.5. The van der Waals surface area contributed by atoms with Gasteiger partial charge in [-0.1, -0.05) is 48.0 Å². The summed E-state index contributed by atoms with van der Waals surface area (Å²) in [7, 11) is 0. The minimum absolute atomic E-state index is 0.0142. The van der Waals surface area contributed by atoms with Crippen LogP contribution in [-0.4, -0.2) is 22.6 Å². The fourth-order valence-electron chi connectivity index (χ4n) is 2.40. The molecule has 0 saturated carbocycles. The van der Waals surface area contributed by atoms with E-state index < -0.39 is 0 Å². The van der Waals surface area contributed by atoms with Gasteiger partial charge in [-0.15, -0.1) is 10.2 Å². The monoisotopic (exact) mass is 321 g/mol. The van der Waals surface area contributed by atoms with E-state index in [0.29, 0.717) is 31.2 Å². The predicted molar refractivity (Wildman–Crippen MR) is 91.3 cm³/mol. The Morgan fingerprint density at radius 1 is 1.08 bits per heavy atom. The number of nitrogens with zero attached hydrogens (tertiary/aromatic N) is 2. The van der Waals surface area contributed by atoms with Crippen molar-refractivity contribution in [2.75, 3.05) is 6.54 Å². The minimum Gasteiger partial charge on any atom is -0.421 e. The maximum absolute atomic E-state index is 11.9. The molecule has 1 amide bonds. The molecule has 0 fully saturated rings. The number of aromatic nitrogens is 2. The van der Waals surface area contributed by atoms with E-state index in [1.54, 1.807) is 0 Å². The van der Waals surface area contributed by atoms with Gasteiger partial charge in [0.15, 0.2) is 0 Å². The number of carbonyl (C=O) groups is 1. The van der Waals surface area contributed by atoms with Crippen molar-refractivity contribution >= 4 is 5.91 Å². The van der Waals surface area contributed by atoms with E-state index in [-0.39, 0.29) is 5.91 Å². The van der Waals surface area contributed by atoms with Crippen molar-refractivity contribution in [2.24, 2.45) is 0 Å². The average Bonchev–Trinajstić information content (AvgIpc) is 3.05. The highest BCUT2D eigenvalue weighted by atomic mass is 16.4. The number of amides is 1. The molecule has 24 heavy (non-hydrogen) atoms. The van der Waals surface area contributed by atoms with Crippen molar-refractivity contribution in [1.29, 1.82) is 0 Å². The minimum atomic E-state index is -0.0142. The number of aryl methyl sites for hydroxylation is 1. The van der Waals surface area contributed by atoms with Gasteiger partial charge in [-0.05, 0) is 24.6 Å². The molecular formula is C19H19N3O2. The van der Waals surface area contributed by atoms with Crippen LogP contribution in [0.25, 0.3) is 11.5 Å². The molecule has 0 aliphatic carbocycles. The van der Waals surface area contributed by atoms with Gasteiger partial charge in [0, 0.05) is 18.5 Å². The third kappa shape index (κ3) is 4.29. The van der Waals surface area contributed by atoms with E-state index in [9.17, 15) is 4.79 Å². The molecular weight excluding hydrogens is 302 g/mol. The first-order valence-electron chi connectivity index (χ1n) is 7.91. The number of benzene rings is 2. The lowest BCUT2D eigenvalue weighted by atomic mass is 10.1. The molecule has 0 unspecified atom stereocenters. The second kappa shape index (κ2) is 7.55. The maximum Gasteiger partial charge on any atom is 0.247 e. The van der Waals surface area contributed by atoms with Crippen LogP contribution in [0, 0.1) is 6.92 Å². The van der Waals surface area contributed by atoms with E-state index in [4.69, 9.17) is 4.42 Å². The second-order valence-electron chi connectivity index (χ2n) is 5.63. The van der Waals surface area contributed by atoms with E-state index in [1.807, 2.05) is 61.5 Å². The summed E-state index contributed by atoms with van der Waals surface area (Å²) in [5, 5.41) is 11.0. The van der Waals surface area contributed by atoms with E-state index in [2.05, 4.69) is 15.5 Å². The lowest BCUT2D eigenvalue weighted by Crippen LogP contribution is -2.27. The average molecular weight is 321 g/mol. The van der Waals surface area contributed by atoms with Gasteiger partial charge in [-0.3, -0.25) is 4.79 Å². The van der Waals surface area contributed by atoms with Crippen LogP contribution in [0.15, 0.2) is 59.0 Å². The van der Waals surface area contributed by atoms with Crippen molar-refractivity contribution < 1.29 is 9.21 Å². The third-order valence-electron chi connectivity index (χ3n) is 3.60. The summed E-state index contributed by atoms with van der Waals surface area (Å²) in [5.74, 6) is 1.01. The molecule has 0 saturated heterocycles. The van der Waals surface area contributed by atoms with Crippen LogP contribution in [0.4, 0.5) is 0 Å². The highest BCUT2D eigenvalue weighted by Crippen LogP contribution is 2.18. The molecule has 2 aromatic carbocycles. The van der Waals surface area contributed by atoms with Gasteiger partial charge in [0.05, 0.1) is 6.42 Å². The van der Waals surface area contributed by atoms with Crippen LogP contribution in [0.3, 0.4) is 0 Å². The van der Waals surface area contributed by atoms with Crippen molar-refractivity contribution in [1.82, 2.24) is 15.5 Å². The molecule has 122 valence electrons. The Morgan fingerprint density at radius 3 is 2.71 bits per heavy atom. The molecule has 5 heteroatoms. The van der Waals surface area contributed by atoms with E-state index >= 15 is 0 Å². The molecule has 0 aliphatic rings. The van der Waals surface area contributed by atoms with Crippen LogP contribution in [-0.2, 0) is 17.6 Å². The van der Waals surface area contributed by atoms with Crippen molar-refractivity contribution in [3.63, 3.8) is 0 Å².